The van der Waals surface area contributed by atoms with Crippen LogP contribution in [0.4, 0.5) is 0 Å². The van der Waals surface area contributed by atoms with Gasteiger partial charge in [0.15, 0.2) is 11.6 Å². The van der Waals surface area contributed by atoms with Crippen molar-refractivity contribution in [1.29, 1.82) is 0 Å². The van der Waals surface area contributed by atoms with E-state index < -0.39 is 5.60 Å². The molecule has 4 heteroatoms. The molecule has 0 spiro atoms. The summed E-state index contributed by atoms with van der Waals surface area (Å²) in [6.45, 7) is 3.42. The summed E-state index contributed by atoms with van der Waals surface area (Å²) in [4.78, 5) is 23.1. The smallest absolute Gasteiger partial charge is 0.159 e. The second-order valence-corrected chi connectivity index (χ2v) is 7.04. The number of aliphatic hydroxyl groups excluding tert-OH is 1. The molecule has 0 heterocycles. The van der Waals surface area contributed by atoms with Crippen LogP contribution in [0.1, 0.15) is 52.4 Å². The van der Waals surface area contributed by atoms with E-state index in [-0.39, 0.29) is 30.0 Å². The highest BCUT2D eigenvalue weighted by Crippen LogP contribution is 2.28. The molecule has 0 aromatic rings. The van der Waals surface area contributed by atoms with Crippen LogP contribution < -0.4 is 0 Å². The van der Waals surface area contributed by atoms with Crippen molar-refractivity contribution in [2.75, 3.05) is 6.61 Å². The maximum absolute atomic E-state index is 12.0. The Morgan fingerprint density at radius 3 is 2.73 bits per heavy atom. The Hall–Kier alpha value is -1.78. The average molecular weight is 360 g/mol. The lowest BCUT2D eigenvalue weighted by Gasteiger charge is -2.17. The summed E-state index contributed by atoms with van der Waals surface area (Å²) in [7, 11) is 0. The topological polar surface area (TPSA) is 74.6 Å². The zero-order chi connectivity index (χ0) is 19.4. The van der Waals surface area contributed by atoms with Gasteiger partial charge in [0, 0.05) is 18.3 Å². The molecule has 2 N–H and O–H groups in total. The normalized spacial score (nSPS) is 22.8. The number of aliphatic hydroxyl groups is 2. The van der Waals surface area contributed by atoms with Gasteiger partial charge in [-0.15, -0.1) is 0 Å². The van der Waals surface area contributed by atoms with Gasteiger partial charge >= 0.3 is 0 Å². The lowest BCUT2D eigenvalue weighted by atomic mass is 9.90. The second kappa shape index (κ2) is 11.8. The quantitative estimate of drug-likeness (QED) is 0.411. The molecule has 0 aromatic carbocycles. The highest BCUT2D eigenvalue weighted by atomic mass is 16.3. The number of carbonyl (C=O) groups excluding carboxylic acids is 2. The van der Waals surface area contributed by atoms with Gasteiger partial charge in [-0.1, -0.05) is 49.5 Å². The number of rotatable bonds is 12. The van der Waals surface area contributed by atoms with Crippen LogP contribution in [0.3, 0.4) is 0 Å². The van der Waals surface area contributed by atoms with Gasteiger partial charge in [-0.05, 0) is 45.1 Å². The molecule has 1 unspecified atom stereocenters. The number of Topliss-reactive ketones (excluding diaryl/α,β-unsaturated/α-hetero) is 1. The predicted molar refractivity (Wildman–Crippen MR) is 105 cm³/mol. The predicted octanol–water partition coefficient (Wildman–Crippen LogP) is 3.70. The number of unbranched alkanes of at least 4 members (excludes halogenated alkanes) is 1. The number of allylic oxidation sites excluding steroid dienone is 6. The Morgan fingerprint density at radius 1 is 1.27 bits per heavy atom. The first-order chi connectivity index (χ1) is 12.4. The van der Waals surface area contributed by atoms with Crippen LogP contribution in [0.25, 0.3) is 0 Å². The molecule has 1 aliphatic carbocycles. The van der Waals surface area contributed by atoms with E-state index in [0.29, 0.717) is 19.3 Å². The molecule has 4 nitrogen and oxygen atoms in total. The summed E-state index contributed by atoms with van der Waals surface area (Å²) in [5, 5.41) is 18.9. The standard InChI is InChI=1S/C22H32O4/c1-3-4-15-22(2,26)16-9-10-18-13-14-21(25)20(18)12-8-6-5-7-11-19(24)17-23/h4,6,8-10,13-15,18,20,23,26H,3,5,7,11-12,16-17H2,1-2H3/b8-6-,10-9+,15-4?/t18-,20+,22?/m0/s1. The molecule has 0 saturated carbocycles. The van der Waals surface area contributed by atoms with E-state index in [4.69, 9.17) is 5.11 Å². The van der Waals surface area contributed by atoms with Gasteiger partial charge in [-0.25, -0.2) is 0 Å². The molecule has 0 saturated heterocycles. The summed E-state index contributed by atoms with van der Waals surface area (Å²) in [5.74, 6) is -0.0207. The Kier molecular flexibility index (Phi) is 10.1. The monoisotopic (exact) mass is 360 g/mol. The minimum atomic E-state index is -0.861. The second-order valence-electron chi connectivity index (χ2n) is 7.04. The van der Waals surface area contributed by atoms with Gasteiger partial charge in [0.1, 0.15) is 6.61 Å². The molecule has 26 heavy (non-hydrogen) atoms. The van der Waals surface area contributed by atoms with Crippen LogP contribution in [-0.2, 0) is 9.59 Å². The van der Waals surface area contributed by atoms with Crippen molar-refractivity contribution in [3.63, 3.8) is 0 Å². The fourth-order valence-corrected chi connectivity index (χ4v) is 2.89. The van der Waals surface area contributed by atoms with Crippen molar-refractivity contribution in [3.8, 4) is 0 Å². The van der Waals surface area contributed by atoms with Gasteiger partial charge in [0.2, 0.25) is 0 Å². The summed E-state index contributed by atoms with van der Waals surface area (Å²) >= 11 is 0. The lowest BCUT2D eigenvalue weighted by Crippen LogP contribution is -2.19. The van der Waals surface area contributed by atoms with Crippen LogP contribution in [0, 0.1) is 11.8 Å². The molecule has 3 atom stereocenters. The van der Waals surface area contributed by atoms with Gasteiger partial charge in [-0.3, -0.25) is 9.59 Å². The first kappa shape index (κ1) is 22.3. The lowest BCUT2D eigenvalue weighted by molar-refractivity contribution is -0.121. The fourth-order valence-electron chi connectivity index (χ4n) is 2.89. The average Bonchev–Trinajstić information content (AvgIpc) is 2.96. The third-order valence-electron chi connectivity index (χ3n) is 4.47. The molecule has 0 amide bonds. The van der Waals surface area contributed by atoms with Crippen LogP contribution >= 0.6 is 0 Å². The molecular formula is C22H32O4. The van der Waals surface area contributed by atoms with Gasteiger partial charge in [0.05, 0.1) is 5.60 Å². The highest BCUT2D eigenvalue weighted by Gasteiger charge is 2.27. The van der Waals surface area contributed by atoms with Crippen molar-refractivity contribution in [1.82, 2.24) is 0 Å². The van der Waals surface area contributed by atoms with Crippen molar-refractivity contribution in [2.24, 2.45) is 11.8 Å². The van der Waals surface area contributed by atoms with Crippen LogP contribution in [0.2, 0.25) is 0 Å². The number of hydrogen-bond donors (Lipinski definition) is 2. The van der Waals surface area contributed by atoms with Crippen LogP contribution in [-0.4, -0.2) is 34.0 Å². The van der Waals surface area contributed by atoms with Gasteiger partial charge in [-0.2, -0.15) is 0 Å². The molecule has 0 radical (unpaired) electrons. The summed E-state index contributed by atoms with van der Waals surface area (Å²) in [6, 6.07) is 0. The van der Waals surface area contributed by atoms with Crippen molar-refractivity contribution < 1.29 is 19.8 Å². The van der Waals surface area contributed by atoms with Crippen LogP contribution in [0.5, 0.6) is 0 Å². The Morgan fingerprint density at radius 2 is 2.04 bits per heavy atom. The van der Waals surface area contributed by atoms with Crippen molar-refractivity contribution in [3.05, 3.63) is 48.6 Å². The van der Waals surface area contributed by atoms with E-state index in [1.807, 2.05) is 49.5 Å². The maximum atomic E-state index is 12.0. The molecule has 0 aromatic heterocycles. The molecule has 0 fully saturated rings. The third kappa shape index (κ3) is 8.54. The number of carbonyl (C=O) groups is 2. The van der Waals surface area contributed by atoms with E-state index >= 15 is 0 Å². The SMILES string of the molecule is CCC=CC(C)(O)C/C=C/[C@H]1C=CC(=O)[C@@H]1C/C=C\CCCC(=O)CO. The number of hydrogen-bond acceptors (Lipinski definition) is 4. The van der Waals surface area contributed by atoms with E-state index in [9.17, 15) is 14.7 Å². The Labute approximate surface area is 157 Å². The Balaban J connectivity index is 2.45. The van der Waals surface area contributed by atoms with Gasteiger partial charge < -0.3 is 10.2 Å². The van der Waals surface area contributed by atoms with Gasteiger partial charge in [0.25, 0.3) is 0 Å². The zero-order valence-corrected chi connectivity index (χ0v) is 15.9. The van der Waals surface area contributed by atoms with E-state index in [1.165, 1.54) is 0 Å². The molecule has 1 aliphatic rings. The fraction of sp³-hybridized carbons (Fsp3) is 0.545. The largest absolute Gasteiger partial charge is 0.389 e. The van der Waals surface area contributed by atoms with Crippen LogP contribution in [0.15, 0.2) is 48.6 Å². The van der Waals surface area contributed by atoms with E-state index in [2.05, 4.69) is 0 Å². The number of ketones is 2. The maximum Gasteiger partial charge on any atom is 0.159 e. The molecule has 144 valence electrons. The summed E-state index contributed by atoms with van der Waals surface area (Å²) in [5.41, 5.74) is -0.861. The zero-order valence-electron chi connectivity index (χ0n) is 15.9. The first-order valence-corrected chi connectivity index (χ1v) is 9.46. The van der Waals surface area contributed by atoms with E-state index in [1.54, 1.807) is 13.0 Å². The minimum Gasteiger partial charge on any atom is -0.389 e. The molecule has 0 aliphatic heterocycles. The Bertz CT molecular complexity index is 567. The molecule has 1 rings (SSSR count). The molecular weight excluding hydrogens is 328 g/mol. The third-order valence-corrected chi connectivity index (χ3v) is 4.47. The van der Waals surface area contributed by atoms with E-state index in [0.717, 1.165) is 19.3 Å². The van der Waals surface area contributed by atoms with Crippen molar-refractivity contribution in [2.45, 2.75) is 58.0 Å². The minimum absolute atomic E-state index is 0.0640. The summed E-state index contributed by atoms with van der Waals surface area (Å²) in [6.07, 6.45) is 19.2. The molecule has 0 bridgehead atoms. The first-order valence-electron chi connectivity index (χ1n) is 9.46. The van der Waals surface area contributed by atoms with Crippen molar-refractivity contribution >= 4 is 11.6 Å². The summed E-state index contributed by atoms with van der Waals surface area (Å²) < 4.78 is 0. The highest BCUT2D eigenvalue weighted by molar-refractivity contribution is 5.95.